The van der Waals surface area contributed by atoms with Gasteiger partial charge in [0.05, 0.1) is 23.7 Å². The molecule has 160 valence electrons. The van der Waals surface area contributed by atoms with Crippen molar-refractivity contribution in [1.82, 2.24) is 4.31 Å². The summed E-state index contributed by atoms with van der Waals surface area (Å²) in [5.74, 6) is -1.25. The van der Waals surface area contributed by atoms with Crippen LogP contribution in [0.5, 0.6) is 0 Å². The van der Waals surface area contributed by atoms with Gasteiger partial charge in [0.1, 0.15) is 0 Å². The normalized spacial score (nSPS) is 15.9. The van der Waals surface area contributed by atoms with Crippen LogP contribution in [0.15, 0.2) is 53.4 Å². The van der Waals surface area contributed by atoms with Crippen LogP contribution in [-0.2, 0) is 24.3 Å². The third-order valence-corrected chi connectivity index (χ3v) is 6.59. The van der Waals surface area contributed by atoms with E-state index in [1.165, 1.54) is 35.5 Å². The molecule has 1 saturated heterocycles. The Hall–Kier alpha value is -2.46. The van der Waals surface area contributed by atoms with Crippen LogP contribution in [0.2, 0.25) is 5.02 Å². The van der Waals surface area contributed by atoms with Crippen LogP contribution >= 0.6 is 11.6 Å². The van der Waals surface area contributed by atoms with Gasteiger partial charge in [-0.25, -0.2) is 13.2 Å². The number of hydrogen-bond acceptors (Lipinski definition) is 6. The fourth-order valence-electron chi connectivity index (χ4n) is 2.79. The lowest BCUT2D eigenvalue weighted by Gasteiger charge is -2.26. The number of amides is 1. The second kappa shape index (κ2) is 9.57. The third kappa shape index (κ3) is 5.37. The minimum Gasteiger partial charge on any atom is -0.449 e. The smallest absolute Gasteiger partial charge is 0.338 e. The molecule has 1 aliphatic rings. The molecule has 0 aromatic heterocycles. The lowest BCUT2D eigenvalue weighted by atomic mass is 10.2. The van der Waals surface area contributed by atoms with Crippen LogP contribution in [0.1, 0.15) is 17.3 Å². The van der Waals surface area contributed by atoms with E-state index in [1.807, 2.05) is 0 Å². The van der Waals surface area contributed by atoms with E-state index in [4.69, 9.17) is 21.1 Å². The van der Waals surface area contributed by atoms with Crippen LogP contribution in [-0.4, -0.2) is 57.0 Å². The standard InChI is InChI=1S/C20H21ClN2O6S/c1-14(19(24)22-17-4-2-3-16(21)13-17)29-20(25)15-5-7-18(8-6-15)30(26,27)23-9-11-28-12-10-23/h2-8,13-14H,9-12H2,1H3,(H,22,24)/t14-/m1/s1. The Kier molecular flexibility index (Phi) is 7.09. The summed E-state index contributed by atoms with van der Waals surface area (Å²) in [5.41, 5.74) is 0.617. The summed E-state index contributed by atoms with van der Waals surface area (Å²) in [6, 6.07) is 12.0. The van der Waals surface area contributed by atoms with Gasteiger partial charge in [0.15, 0.2) is 6.10 Å². The zero-order valence-electron chi connectivity index (χ0n) is 16.2. The number of sulfonamides is 1. The zero-order chi connectivity index (χ0) is 21.7. The fraction of sp³-hybridized carbons (Fsp3) is 0.300. The van der Waals surface area contributed by atoms with Crippen molar-refractivity contribution in [2.75, 3.05) is 31.6 Å². The third-order valence-electron chi connectivity index (χ3n) is 4.44. The highest BCUT2D eigenvalue weighted by Crippen LogP contribution is 2.19. The lowest BCUT2D eigenvalue weighted by molar-refractivity contribution is -0.123. The molecule has 0 saturated carbocycles. The Balaban J connectivity index is 1.62. The molecule has 1 aliphatic heterocycles. The van der Waals surface area contributed by atoms with Crippen molar-refractivity contribution in [2.45, 2.75) is 17.9 Å². The van der Waals surface area contributed by atoms with Crippen LogP contribution < -0.4 is 5.32 Å². The quantitative estimate of drug-likeness (QED) is 0.676. The number of esters is 1. The van der Waals surface area contributed by atoms with Crippen LogP contribution in [0, 0.1) is 0 Å². The molecule has 1 N–H and O–H groups in total. The van der Waals surface area contributed by atoms with Crippen LogP contribution in [0.4, 0.5) is 5.69 Å². The number of morpholine rings is 1. The molecule has 1 atom stereocenters. The van der Waals surface area contributed by atoms with E-state index < -0.39 is 28.0 Å². The molecule has 30 heavy (non-hydrogen) atoms. The highest BCUT2D eigenvalue weighted by Gasteiger charge is 2.27. The number of nitrogens with zero attached hydrogens (tertiary/aromatic N) is 1. The lowest BCUT2D eigenvalue weighted by Crippen LogP contribution is -2.40. The molecule has 2 aromatic rings. The van der Waals surface area contributed by atoms with Crippen LogP contribution in [0.25, 0.3) is 0 Å². The zero-order valence-corrected chi connectivity index (χ0v) is 17.8. The molecule has 0 bridgehead atoms. The fourth-order valence-corrected chi connectivity index (χ4v) is 4.39. The highest BCUT2D eigenvalue weighted by molar-refractivity contribution is 7.89. The molecule has 1 heterocycles. The Morgan fingerprint density at radius 2 is 1.80 bits per heavy atom. The monoisotopic (exact) mass is 452 g/mol. The summed E-state index contributed by atoms with van der Waals surface area (Å²) >= 11 is 5.88. The van der Waals surface area contributed by atoms with E-state index in [1.54, 1.807) is 24.3 Å². The first kappa shape index (κ1) is 22.2. The number of halogens is 1. The molecule has 1 fully saturated rings. The van der Waals surface area contributed by atoms with Crippen molar-refractivity contribution >= 4 is 39.2 Å². The second-order valence-electron chi connectivity index (χ2n) is 6.59. The largest absolute Gasteiger partial charge is 0.449 e. The average Bonchev–Trinajstić information content (AvgIpc) is 2.74. The van der Waals surface area contributed by atoms with Gasteiger partial charge in [0.25, 0.3) is 5.91 Å². The predicted octanol–water partition coefficient (Wildman–Crippen LogP) is 2.54. The predicted molar refractivity (Wildman–Crippen MR) is 111 cm³/mol. The number of benzene rings is 2. The van der Waals surface area contributed by atoms with Gasteiger partial charge in [0, 0.05) is 23.8 Å². The number of nitrogens with one attached hydrogen (secondary N) is 1. The number of carbonyl (C=O) groups is 2. The van der Waals surface area contributed by atoms with Gasteiger partial charge >= 0.3 is 5.97 Å². The van der Waals surface area contributed by atoms with Crippen molar-refractivity contribution in [3.8, 4) is 0 Å². The summed E-state index contributed by atoms with van der Waals surface area (Å²) in [6.07, 6.45) is -1.06. The maximum Gasteiger partial charge on any atom is 0.338 e. The highest BCUT2D eigenvalue weighted by atomic mass is 35.5. The van der Waals surface area contributed by atoms with Gasteiger partial charge in [-0.15, -0.1) is 0 Å². The first-order chi connectivity index (χ1) is 14.3. The summed E-state index contributed by atoms with van der Waals surface area (Å²) in [7, 11) is -3.65. The molecule has 1 amide bonds. The van der Waals surface area contributed by atoms with Crippen molar-refractivity contribution in [2.24, 2.45) is 0 Å². The Labute approximate surface area is 179 Å². The van der Waals surface area contributed by atoms with Crippen molar-refractivity contribution < 1.29 is 27.5 Å². The molecule has 0 spiro atoms. The number of carbonyl (C=O) groups excluding carboxylic acids is 2. The molecule has 2 aromatic carbocycles. The molecule has 0 unspecified atom stereocenters. The number of hydrogen-bond donors (Lipinski definition) is 1. The molecular formula is C20H21ClN2O6S. The minimum absolute atomic E-state index is 0.0766. The van der Waals surface area contributed by atoms with Crippen molar-refractivity contribution in [3.63, 3.8) is 0 Å². The molecule has 0 radical (unpaired) electrons. The minimum atomic E-state index is -3.65. The second-order valence-corrected chi connectivity index (χ2v) is 8.96. The van der Waals surface area contributed by atoms with E-state index in [-0.39, 0.29) is 23.5 Å². The number of ether oxygens (including phenoxy) is 2. The Morgan fingerprint density at radius 3 is 2.43 bits per heavy atom. The van der Waals surface area contributed by atoms with Gasteiger partial charge < -0.3 is 14.8 Å². The molecule has 0 aliphatic carbocycles. The molecule has 3 rings (SSSR count). The Bertz CT molecular complexity index is 1020. The Morgan fingerprint density at radius 1 is 1.13 bits per heavy atom. The van der Waals surface area contributed by atoms with E-state index in [9.17, 15) is 18.0 Å². The number of rotatable bonds is 6. The topological polar surface area (TPSA) is 102 Å². The summed E-state index contributed by atoms with van der Waals surface area (Å²) in [5, 5.41) is 3.07. The maximum absolute atomic E-state index is 12.6. The summed E-state index contributed by atoms with van der Waals surface area (Å²) in [4.78, 5) is 24.6. The van der Waals surface area contributed by atoms with Gasteiger partial charge in [-0.05, 0) is 49.4 Å². The molecular weight excluding hydrogens is 432 g/mol. The van der Waals surface area contributed by atoms with E-state index in [2.05, 4.69) is 5.32 Å². The first-order valence-corrected chi connectivity index (χ1v) is 11.0. The van der Waals surface area contributed by atoms with Crippen molar-refractivity contribution in [3.05, 3.63) is 59.1 Å². The molecule has 8 nitrogen and oxygen atoms in total. The van der Waals surface area contributed by atoms with Crippen molar-refractivity contribution in [1.29, 1.82) is 0 Å². The summed E-state index contributed by atoms with van der Waals surface area (Å²) < 4.78 is 36.9. The van der Waals surface area contributed by atoms with E-state index in [0.29, 0.717) is 23.9 Å². The first-order valence-electron chi connectivity index (χ1n) is 9.23. The van der Waals surface area contributed by atoms with Gasteiger partial charge in [-0.2, -0.15) is 4.31 Å². The summed E-state index contributed by atoms with van der Waals surface area (Å²) in [6.45, 7) is 2.70. The van der Waals surface area contributed by atoms with Gasteiger partial charge in [-0.3, -0.25) is 4.79 Å². The number of anilines is 1. The van der Waals surface area contributed by atoms with Crippen LogP contribution in [0.3, 0.4) is 0 Å². The van der Waals surface area contributed by atoms with E-state index in [0.717, 1.165) is 0 Å². The van der Waals surface area contributed by atoms with Gasteiger partial charge in [0.2, 0.25) is 10.0 Å². The van der Waals surface area contributed by atoms with E-state index >= 15 is 0 Å². The SMILES string of the molecule is C[C@@H](OC(=O)c1ccc(S(=O)(=O)N2CCOCC2)cc1)C(=O)Nc1cccc(Cl)c1. The molecule has 10 heteroatoms. The van der Waals surface area contributed by atoms with Gasteiger partial charge in [-0.1, -0.05) is 17.7 Å². The average molecular weight is 453 g/mol. The maximum atomic E-state index is 12.6.